The lowest BCUT2D eigenvalue weighted by molar-refractivity contribution is 0.475. The normalized spacial score (nSPS) is 10.8. The SMILES string of the molecule is Oc1cccc(-c2cc(-c3ccoc3)cc(-c3ccc(Cl)cc3)n2)c1. The molecule has 2 aromatic heterocycles. The summed E-state index contributed by atoms with van der Waals surface area (Å²) in [5, 5.41) is 10.5. The van der Waals surface area contributed by atoms with E-state index in [4.69, 9.17) is 21.0 Å². The van der Waals surface area contributed by atoms with Crippen LogP contribution in [0, 0.1) is 0 Å². The first-order chi connectivity index (χ1) is 12.2. The Morgan fingerprint density at radius 2 is 1.52 bits per heavy atom. The van der Waals surface area contributed by atoms with Gasteiger partial charge in [0, 0.05) is 21.7 Å². The Balaban J connectivity index is 1.90. The maximum Gasteiger partial charge on any atom is 0.116 e. The highest BCUT2D eigenvalue weighted by atomic mass is 35.5. The third-order valence-corrected chi connectivity index (χ3v) is 4.21. The lowest BCUT2D eigenvalue weighted by Crippen LogP contribution is -1.90. The number of rotatable bonds is 3. The first kappa shape index (κ1) is 15.5. The number of aromatic hydroxyl groups is 1. The monoisotopic (exact) mass is 347 g/mol. The van der Waals surface area contributed by atoms with Crippen molar-refractivity contribution in [1.82, 2.24) is 4.98 Å². The molecular formula is C21H14ClNO2. The maximum atomic E-state index is 9.79. The van der Waals surface area contributed by atoms with Gasteiger partial charge in [0.1, 0.15) is 5.75 Å². The van der Waals surface area contributed by atoms with E-state index in [1.54, 1.807) is 30.7 Å². The zero-order chi connectivity index (χ0) is 17.2. The fourth-order valence-electron chi connectivity index (χ4n) is 2.71. The minimum atomic E-state index is 0.209. The van der Waals surface area contributed by atoms with Crippen LogP contribution < -0.4 is 0 Å². The molecule has 25 heavy (non-hydrogen) atoms. The van der Waals surface area contributed by atoms with Gasteiger partial charge >= 0.3 is 0 Å². The molecule has 0 amide bonds. The smallest absolute Gasteiger partial charge is 0.116 e. The van der Waals surface area contributed by atoms with Gasteiger partial charge in [-0.3, -0.25) is 0 Å². The van der Waals surface area contributed by atoms with Gasteiger partial charge in [-0.25, -0.2) is 4.98 Å². The van der Waals surface area contributed by atoms with Gasteiger partial charge in [-0.1, -0.05) is 35.9 Å². The van der Waals surface area contributed by atoms with E-state index >= 15 is 0 Å². The lowest BCUT2D eigenvalue weighted by Gasteiger charge is -2.09. The van der Waals surface area contributed by atoms with E-state index in [0.717, 1.165) is 33.6 Å². The zero-order valence-electron chi connectivity index (χ0n) is 13.2. The summed E-state index contributed by atoms with van der Waals surface area (Å²) in [6.07, 6.45) is 3.35. The summed E-state index contributed by atoms with van der Waals surface area (Å²) < 4.78 is 5.22. The van der Waals surface area contributed by atoms with Crippen molar-refractivity contribution in [3.05, 3.63) is 84.3 Å². The number of hydrogen-bond acceptors (Lipinski definition) is 3. The second-order valence-electron chi connectivity index (χ2n) is 5.70. The maximum absolute atomic E-state index is 9.79. The van der Waals surface area contributed by atoms with E-state index in [1.807, 2.05) is 48.5 Å². The summed E-state index contributed by atoms with van der Waals surface area (Å²) in [6, 6.07) is 20.6. The fourth-order valence-corrected chi connectivity index (χ4v) is 2.83. The molecule has 2 heterocycles. The molecule has 4 aromatic rings. The summed E-state index contributed by atoms with van der Waals surface area (Å²) in [5.41, 5.74) is 5.39. The zero-order valence-corrected chi connectivity index (χ0v) is 13.9. The van der Waals surface area contributed by atoms with Crippen LogP contribution in [0.5, 0.6) is 5.75 Å². The molecule has 0 saturated heterocycles. The van der Waals surface area contributed by atoms with Gasteiger partial charge in [0.05, 0.1) is 23.9 Å². The molecule has 4 heteroatoms. The summed E-state index contributed by atoms with van der Waals surface area (Å²) >= 11 is 6.00. The van der Waals surface area contributed by atoms with Crippen molar-refractivity contribution >= 4 is 11.6 Å². The van der Waals surface area contributed by atoms with E-state index in [1.165, 1.54) is 0 Å². The molecule has 0 unspecified atom stereocenters. The number of halogens is 1. The Bertz CT molecular complexity index is 1010. The average molecular weight is 348 g/mol. The third-order valence-electron chi connectivity index (χ3n) is 3.96. The number of aromatic nitrogens is 1. The van der Waals surface area contributed by atoms with Crippen molar-refractivity contribution in [2.24, 2.45) is 0 Å². The van der Waals surface area contributed by atoms with Crippen LogP contribution >= 0.6 is 11.6 Å². The van der Waals surface area contributed by atoms with Crippen LogP contribution in [0.4, 0.5) is 0 Å². The number of phenols is 1. The van der Waals surface area contributed by atoms with Crippen molar-refractivity contribution in [2.75, 3.05) is 0 Å². The minimum absolute atomic E-state index is 0.209. The Morgan fingerprint density at radius 1 is 0.760 bits per heavy atom. The van der Waals surface area contributed by atoms with Gasteiger partial charge in [-0.05, 0) is 48.0 Å². The summed E-state index contributed by atoms with van der Waals surface area (Å²) in [6.45, 7) is 0. The molecule has 0 aliphatic carbocycles. The lowest BCUT2D eigenvalue weighted by atomic mass is 10.0. The van der Waals surface area contributed by atoms with E-state index in [9.17, 15) is 5.11 Å². The quantitative estimate of drug-likeness (QED) is 0.491. The van der Waals surface area contributed by atoms with Gasteiger partial charge in [0.25, 0.3) is 0 Å². The summed E-state index contributed by atoms with van der Waals surface area (Å²) in [7, 11) is 0. The molecule has 0 aliphatic rings. The Morgan fingerprint density at radius 3 is 2.20 bits per heavy atom. The minimum Gasteiger partial charge on any atom is -0.508 e. The molecule has 122 valence electrons. The van der Waals surface area contributed by atoms with Crippen molar-refractivity contribution in [1.29, 1.82) is 0 Å². The fraction of sp³-hybridized carbons (Fsp3) is 0. The van der Waals surface area contributed by atoms with Crippen LogP contribution in [0.1, 0.15) is 0 Å². The molecule has 3 nitrogen and oxygen atoms in total. The number of nitrogens with zero attached hydrogens (tertiary/aromatic N) is 1. The van der Waals surface area contributed by atoms with Crippen LogP contribution in [0.3, 0.4) is 0 Å². The predicted octanol–water partition coefficient (Wildman–Crippen LogP) is 6.03. The van der Waals surface area contributed by atoms with E-state index in [0.29, 0.717) is 5.02 Å². The first-order valence-electron chi connectivity index (χ1n) is 7.79. The number of furan rings is 1. The number of phenolic OH excluding ortho intramolecular Hbond substituents is 1. The van der Waals surface area contributed by atoms with Crippen LogP contribution in [-0.4, -0.2) is 10.1 Å². The molecule has 0 atom stereocenters. The predicted molar refractivity (Wildman–Crippen MR) is 99.5 cm³/mol. The molecule has 2 aromatic carbocycles. The van der Waals surface area contributed by atoms with Crippen LogP contribution in [0.25, 0.3) is 33.6 Å². The molecule has 0 spiro atoms. The topological polar surface area (TPSA) is 46.3 Å². The molecule has 4 rings (SSSR count). The van der Waals surface area contributed by atoms with Gasteiger partial charge in [-0.2, -0.15) is 0 Å². The second-order valence-corrected chi connectivity index (χ2v) is 6.13. The van der Waals surface area contributed by atoms with E-state index in [-0.39, 0.29) is 5.75 Å². The highest BCUT2D eigenvalue weighted by Gasteiger charge is 2.10. The number of hydrogen-bond donors (Lipinski definition) is 1. The Hall–Kier alpha value is -3.04. The molecule has 0 radical (unpaired) electrons. The van der Waals surface area contributed by atoms with Gasteiger partial charge in [-0.15, -0.1) is 0 Å². The van der Waals surface area contributed by atoms with Crippen molar-refractivity contribution in [2.45, 2.75) is 0 Å². The largest absolute Gasteiger partial charge is 0.508 e. The van der Waals surface area contributed by atoms with Crippen molar-refractivity contribution in [3.8, 4) is 39.4 Å². The van der Waals surface area contributed by atoms with Crippen LogP contribution in [-0.2, 0) is 0 Å². The molecule has 1 N–H and O–H groups in total. The molecule has 0 aliphatic heterocycles. The average Bonchev–Trinajstić information content (AvgIpc) is 3.17. The van der Waals surface area contributed by atoms with Crippen LogP contribution in [0.15, 0.2) is 83.7 Å². The van der Waals surface area contributed by atoms with E-state index in [2.05, 4.69) is 0 Å². The standard InChI is InChI=1S/C21H14ClNO2/c22-18-6-4-14(5-7-18)20-11-17(16-8-9-25-13-16)12-21(23-20)15-2-1-3-19(24)10-15/h1-13,24H. The highest BCUT2D eigenvalue weighted by Crippen LogP contribution is 2.31. The second kappa shape index (κ2) is 6.46. The summed E-state index contributed by atoms with van der Waals surface area (Å²) in [5.74, 6) is 0.209. The van der Waals surface area contributed by atoms with Crippen LogP contribution in [0.2, 0.25) is 5.02 Å². The van der Waals surface area contributed by atoms with Crippen molar-refractivity contribution in [3.63, 3.8) is 0 Å². The number of pyridine rings is 1. The highest BCUT2D eigenvalue weighted by molar-refractivity contribution is 6.30. The van der Waals surface area contributed by atoms with Gasteiger partial charge in [0.15, 0.2) is 0 Å². The summed E-state index contributed by atoms with van der Waals surface area (Å²) in [4.78, 5) is 4.77. The molecule has 0 bridgehead atoms. The molecule has 0 fully saturated rings. The van der Waals surface area contributed by atoms with Gasteiger partial charge in [0.2, 0.25) is 0 Å². The Kier molecular flexibility index (Phi) is 4.00. The molecule has 0 saturated carbocycles. The first-order valence-corrected chi connectivity index (χ1v) is 8.17. The van der Waals surface area contributed by atoms with E-state index < -0.39 is 0 Å². The van der Waals surface area contributed by atoms with Gasteiger partial charge < -0.3 is 9.52 Å². The Labute approximate surface area is 150 Å². The number of benzene rings is 2. The third kappa shape index (κ3) is 3.28. The van der Waals surface area contributed by atoms with Crippen molar-refractivity contribution < 1.29 is 9.52 Å². The molecular weight excluding hydrogens is 334 g/mol.